The normalized spacial score (nSPS) is 13.7. The van der Waals surface area contributed by atoms with Crippen LogP contribution in [0.25, 0.3) is 0 Å². The zero-order valence-electron chi connectivity index (χ0n) is 13.8. The molecule has 0 saturated heterocycles. The van der Waals surface area contributed by atoms with Crippen molar-refractivity contribution < 1.29 is 4.74 Å². The number of likely N-dealkylation sites (N-methyl/N-ethyl adjacent to an activating group) is 1. The first-order valence-corrected chi connectivity index (χ1v) is 8.04. The van der Waals surface area contributed by atoms with E-state index in [9.17, 15) is 0 Å². The van der Waals surface area contributed by atoms with Crippen LogP contribution in [0, 0.1) is 0 Å². The van der Waals surface area contributed by atoms with Crippen LogP contribution in [0.3, 0.4) is 0 Å². The van der Waals surface area contributed by atoms with Gasteiger partial charge in [0.2, 0.25) is 0 Å². The fourth-order valence-corrected chi connectivity index (χ4v) is 3.03. The molecule has 1 heterocycles. The molecule has 20 heavy (non-hydrogen) atoms. The summed E-state index contributed by atoms with van der Waals surface area (Å²) >= 11 is 0. The van der Waals surface area contributed by atoms with Crippen molar-refractivity contribution in [3.05, 3.63) is 18.2 Å². The third-order valence-corrected chi connectivity index (χ3v) is 4.24. The zero-order chi connectivity index (χ0) is 15.0. The SMILES string of the molecule is CCNC(Cc1nccn1CC)C(CC)(CC)OCC. The molecule has 0 aliphatic rings. The maximum absolute atomic E-state index is 6.17. The number of ether oxygens (including phenoxy) is 1. The second kappa shape index (κ2) is 8.42. The highest BCUT2D eigenvalue weighted by atomic mass is 16.5. The molecule has 0 amide bonds. The van der Waals surface area contributed by atoms with E-state index in [4.69, 9.17) is 4.74 Å². The average molecular weight is 281 g/mol. The first-order valence-electron chi connectivity index (χ1n) is 8.04. The topological polar surface area (TPSA) is 39.1 Å². The summed E-state index contributed by atoms with van der Waals surface area (Å²) < 4.78 is 8.38. The van der Waals surface area contributed by atoms with Crippen LogP contribution in [0.2, 0.25) is 0 Å². The molecule has 0 radical (unpaired) electrons. The minimum Gasteiger partial charge on any atom is -0.374 e. The highest BCUT2D eigenvalue weighted by Gasteiger charge is 2.36. The van der Waals surface area contributed by atoms with Gasteiger partial charge in [0, 0.05) is 38.0 Å². The number of nitrogens with zero attached hydrogens (tertiary/aromatic N) is 2. The van der Waals surface area contributed by atoms with Gasteiger partial charge in [0.05, 0.1) is 5.60 Å². The Morgan fingerprint density at radius 1 is 1.25 bits per heavy atom. The van der Waals surface area contributed by atoms with E-state index in [1.807, 2.05) is 6.20 Å². The van der Waals surface area contributed by atoms with Crippen LogP contribution in [0.15, 0.2) is 12.4 Å². The number of aromatic nitrogens is 2. The van der Waals surface area contributed by atoms with Crippen LogP contribution in [-0.2, 0) is 17.7 Å². The van der Waals surface area contributed by atoms with E-state index in [2.05, 4.69) is 55.7 Å². The van der Waals surface area contributed by atoms with E-state index in [1.54, 1.807) is 0 Å². The summed E-state index contributed by atoms with van der Waals surface area (Å²) in [5.74, 6) is 1.14. The third kappa shape index (κ3) is 3.83. The zero-order valence-corrected chi connectivity index (χ0v) is 13.8. The number of rotatable bonds is 10. The van der Waals surface area contributed by atoms with Crippen LogP contribution < -0.4 is 5.32 Å². The molecule has 0 fully saturated rings. The molecule has 116 valence electrons. The summed E-state index contributed by atoms with van der Waals surface area (Å²) in [4.78, 5) is 4.52. The summed E-state index contributed by atoms with van der Waals surface area (Å²) in [6, 6.07) is 0.301. The van der Waals surface area contributed by atoms with Gasteiger partial charge in [-0.2, -0.15) is 0 Å². The monoisotopic (exact) mass is 281 g/mol. The highest BCUT2D eigenvalue weighted by Crippen LogP contribution is 2.27. The van der Waals surface area contributed by atoms with Gasteiger partial charge < -0.3 is 14.6 Å². The maximum Gasteiger partial charge on any atom is 0.110 e. The minimum absolute atomic E-state index is 0.102. The molecule has 1 aromatic heterocycles. The van der Waals surface area contributed by atoms with Gasteiger partial charge in [0.1, 0.15) is 5.82 Å². The second-order valence-electron chi connectivity index (χ2n) is 5.15. The van der Waals surface area contributed by atoms with Gasteiger partial charge in [-0.15, -0.1) is 0 Å². The molecule has 0 bridgehead atoms. The molecule has 1 rings (SSSR count). The first-order chi connectivity index (χ1) is 9.67. The Bertz CT molecular complexity index is 372. The summed E-state index contributed by atoms with van der Waals surface area (Å²) in [7, 11) is 0. The molecule has 4 heteroatoms. The first kappa shape index (κ1) is 17.2. The van der Waals surface area contributed by atoms with Crippen LogP contribution >= 0.6 is 0 Å². The van der Waals surface area contributed by atoms with Crippen molar-refractivity contribution in [2.24, 2.45) is 0 Å². The van der Waals surface area contributed by atoms with Crippen molar-refractivity contribution in [1.29, 1.82) is 0 Å². The largest absolute Gasteiger partial charge is 0.374 e. The fraction of sp³-hybridized carbons (Fsp3) is 0.812. The number of imidazole rings is 1. The van der Waals surface area contributed by atoms with Gasteiger partial charge in [-0.3, -0.25) is 0 Å². The Kier molecular flexibility index (Phi) is 7.24. The van der Waals surface area contributed by atoms with Crippen LogP contribution in [0.4, 0.5) is 0 Å². The van der Waals surface area contributed by atoms with Crippen molar-refractivity contribution in [3.8, 4) is 0 Å². The lowest BCUT2D eigenvalue weighted by Crippen LogP contribution is -2.53. The minimum atomic E-state index is -0.102. The van der Waals surface area contributed by atoms with Crippen molar-refractivity contribution in [3.63, 3.8) is 0 Å². The van der Waals surface area contributed by atoms with Gasteiger partial charge in [-0.05, 0) is 33.2 Å². The average Bonchev–Trinajstić information content (AvgIpc) is 2.92. The lowest BCUT2D eigenvalue weighted by atomic mass is 9.85. The predicted molar refractivity (Wildman–Crippen MR) is 84.0 cm³/mol. The van der Waals surface area contributed by atoms with Gasteiger partial charge >= 0.3 is 0 Å². The van der Waals surface area contributed by atoms with Crippen molar-refractivity contribution in [1.82, 2.24) is 14.9 Å². The van der Waals surface area contributed by atoms with Crippen LogP contribution in [0.1, 0.15) is 53.3 Å². The fourth-order valence-electron chi connectivity index (χ4n) is 3.03. The molecule has 1 unspecified atom stereocenters. The van der Waals surface area contributed by atoms with Gasteiger partial charge in [0.15, 0.2) is 0 Å². The number of aryl methyl sites for hydroxylation is 1. The molecule has 4 nitrogen and oxygen atoms in total. The molecular formula is C16H31N3O. The summed E-state index contributed by atoms with van der Waals surface area (Å²) in [6.07, 6.45) is 6.89. The number of hydrogen-bond acceptors (Lipinski definition) is 3. The van der Waals surface area contributed by atoms with Crippen molar-refractivity contribution in [2.45, 2.75) is 72.1 Å². The summed E-state index contributed by atoms with van der Waals surface area (Å²) in [6.45, 7) is 13.5. The van der Waals surface area contributed by atoms with Gasteiger partial charge in [0.25, 0.3) is 0 Å². The van der Waals surface area contributed by atoms with E-state index in [0.717, 1.165) is 44.8 Å². The molecule has 0 spiro atoms. The molecule has 0 aromatic carbocycles. The van der Waals surface area contributed by atoms with Gasteiger partial charge in [-0.25, -0.2) is 4.98 Å². The van der Waals surface area contributed by atoms with Crippen molar-refractivity contribution >= 4 is 0 Å². The Labute approximate surface area is 123 Å². The Balaban J connectivity index is 2.96. The lowest BCUT2D eigenvalue weighted by Gasteiger charge is -2.40. The molecule has 1 atom stereocenters. The Hall–Kier alpha value is -0.870. The van der Waals surface area contributed by atoms with E-state index < -0.39 is 0 Å². The van der Waals surface area contributed by atoms with Crippen molar-refractivity contribution in [2.75, 3.05) is 13.2 Å². The molecule has 1 aromatic rings. The standard InChI is InChI=1S/C16H31N3O/c1-6-16(7-2,20-10-5)14(17-8-3)13-15-18-11-12-19(15)9-4/h11-12,14,17H,6-10,13H2,1-5H3. The van der Waals surface area contributed by atoms with E-state index in [1.165, 1.54) is 0 Å². The number of hydrogen-bond donors (Lipinski definition) is 1. The number of nitrogens with one attached hydrogen (secondary N) is 1. The van der Waals surface area contributed by atoms with Crippen LogP contribution in [0.5, 0.6) is 0 Å². The summed E-state index contributed by atoms with van der Waals surface area (Å²) in [5.41, 5.74) is -0.102. The van der Waals surface area contributed by atoms with E-state index in [0.29, 0.717) is 6.04 Å². The van der Waals surface area contributed by atoms with E-state index in [-0.39, 0.29) is 5.60 Å². The smallest absolute Gasteiger partial charge is 0.110 e. The molecule has 0 saturated carbocycles. The molecule has 1 N–H and O–H groups in total. The highest BCUT2D eigenvalue weighted by molar-refractivity contribution is 5.02. The van der Waals surface area contributed by atoms with E-state index >= 15 is 0 Å². The Morgan fingerprint density at radius 2 is 1.95 bits per heavy atom. The molecule has 0 aliphatic heterocycles. The summed E-state index contributed by atoms with van der Waals surface area (Å²) in [5, 5.41) is 3.62. The second-order valence-corrected chi connectivity index (χ2v) is 5.15. The Morgan fingerprint density at radius 3 is 2.45 bits per heavy atom. The molecule has 0 aliphatic carbocycles. The molecular weight excluding hydrogens is 250 g/mol. The van der Waals surface area contributed by atoms with Gasteiger partial charge in [-0.1, -0.05) is 20.8 Å². The maximum atomic E-state index is 6.17. The lowest BCUT2D eigenvalue weighted by molar-refractivity contribution is -0.0720. The van der Waals surface area contributed by atoms with Crippen LogP contribution in [-0.4, -0.2) is 34.3 Å². The third-order valence-electron chi connectivity index (χ3n) is 4.24. The predicted octanol–water partition coefficient (Wildman–Crippen LogP) is 3.02. The quantitative estimate of drug-likeness (QED) is 0.716.